The molecule has 2 aromatic carbocycles. The number of carbonyl (C=O) groups is 1. The summed E-state index contributed by atoms with van der Waals surface area (Å²) in [6, 6.07) is 11.6. The van der Waals surface area contributed by atoms with Crippen LogP contribution in [0, 0.1) is 13.8 Å². The van der Waals surface area contributed by atoms with Gasteiger partial charge in [-0.2, -0.15) is 0 Å². The summed E-state index contributed by atoms with van der Waals surface area (Å²) in [7, 11) is 0. The van der Waals surface area contributed by atoms with Crippen LogP contribution in [0.4, 0.5) is 0 Å². The molecule has 0 spiro atoms. The van der Waals surface area contributed by atoms with Gasteiger partial charge in [-0.15, -0.1) is 0 Å². The maximum atomic E-state index is 12.6. The van der Waals surface area contributed by atoms with E-state index in [1.54, 1.807) is 0 Å². The van der Waals surface area contributed by atoms with E-state index in [1.807, 2.05) is 37.3 Å². The fraction of sp³-hybridized carbons (Fsp3) is 0.350. The molecule has 0 radical (unpaired) electrons. The molecule has 4 heteroatoms. The topological polar surface area (TPSA) is 58.6 Å². The highest BCUT2D eigenvalue weighted by Crippen LogP contribution is 2.34. The third-order valence-electron chi connectivity index (χ3n) is 5.15. The van der Waals surface area contributed by atoms with Crippen molar-refractivity contribution in [3.63, 3.8) is 0 Å². The Morgan fingerprint density at radius 2 is 1.88 bits per heavy atom. The maximum Gasteiger partial charge on any atom is 0.262 e. The van der Waals surface area contributed by atoms with Crippen LogP contribution in [0.2, 0.25) is 0 Å². The summed E-state index contributed by atoms with van der Waals surface area (Å²) >= 11 is 0. The van der Waals surface area contributed by atoms with E-state index in [0.29, 0.717) is 12.8 Å². The van der Waals surface area contributed by atoms with E-state index < -0.39 is 12.2 Å². The molecule has 24 heavy (non-hydrogen) atoms. The molecular formula is C20H21NO3. The van der Waals surface area contributed by atoms with Crippen molar-refractivity contribution >= 4 is 5.91 Å². The van der Waals surface area contributed by atoms with Gasteiger partial charge in [0.1, 0.15) is 5.75 Å². The molecule has 2 N–H and O–H groups in total. The molecule has 2 aliphatic rings. The largest absolute Gasteiger partial charge is 0.480 e. The standard InChI is InChI=1S/C20H21NO3/c1-11-7-14-10-18(24-17(14)8-12(11)2)20(23)21-19-15-6-4-3-5-13(15)9-16(19)22/h3-8,16,18-19,22H,9-10H2,1-2H3,(H,21,23). The van der Waals surface area contributed by atoms with Gasteiger partial charge in [0.05, 0.1) is 12.1 Å². The number of aryl methyl sites for hydroxylation is 2. The first-order valence-corrected chi connectivity index (χ1v) is 8.36. The summed E-state index contributed by atoms with van der Waals surface area (Å²) in [4.78, 5) is 12.6. The minimum Gasteiger partial charge on any atom is -0.480 e. The molecule has 4 rings (SSSR count). The Balaban J connectivity index is 1.50. The van der Waals surface area contributed by atoms with Crippen LogP contribution in [-0.2, 0) is 17.6 Å². The normalized spacial score (nSPS) is 24.2. The fourth-order valence-electron chi connectivity index (χ4n) is 3.65. The van der Waals surface area contributed by atoms with E-state index >= 15 is 0 Å². The third-order valence-corrected chi connectivity index (χ3v) is 5.15. The zero-order chi connectivity index (χ0) is 16.8. The second-order valence-electron chi connectivity index (χ2n) is 6.81. The highest BCUT2D eigenvalue weighted by Gasteiger charge is 2.36. The highest BCUT2D eigenvalue weighted by molar-refractivity contribution is 5.83. The summed E-state index contributed by atoms with van der Waals surface area (Å²) < 4.78 is 5.84. The average molecular weight is 323 g/mol. The number of benzene rings is 2. The Bertz CT molecular complexity index is 784. The number of carbonyl (C=O) groups excluding carboxylic acids is 1. The van der Waals surface area contributed by atoms with Crippen molar-refractivity contribution in [3.05, 3.63) is 64.2 Å². The van der Waals surface area contributed by atoms with E-state index in [-0.39, 0.29) is 11.9 Å². The summed E-state index contributed by atoms with van der Waals surface area (Å²) in [6.45, 7) is 4.10. The number of hydrogen-bond acceptors (Lipinski definition) is 3. The van der Waals surface area contributed by atoms with Gasteiger partial charge in [0.25, 0.3) is 5.91 Å². The Kier molecular flexibility index (Phi) is 3.57. The van der Waals surface area contributed by atoms with Crippen LogP contribution in [-0.4, -0.2) is 23.2 Å². The molecule has 0 aromatic heterocycles. The number of amides is 1. The number of nitrogens with one attached hydrogen (secondary N) is 1. The van der Waals surface area contributed by atoms with Gasteiger partial charge in [-0.05, 0) is 47.7 Å². The molecule has 0 saturated heterocycles. The van der Waals surface area contributed by atoms with Crippen LogP contribution >= 0.6 is 0 Å². The van der Waals surface area contributed by atoms with Gasteiger partial charge in [-0.25, -0.2) is 0 Å². The zero-order valence-electron chi connectivity index (χ0n) is 13.9. The first-order chi connectivity index (χ1) is 11.5. The minimum atomic E-state index is -0.584. The van der Waals surface area contributed by atoms with Crippen molar-refractivity contribution in [3.8, 4) is 5.75 Å². The second-order valence-corrected chi connectivity index (χ2v) is 6.81. The van der Waals surface area contributed by atoms with Crippen LogP contribution in [0.25, 0.3) is 0 Å². The summed E-state index contributed by atoms with van der Waals surface area (Å²) in [5, 5.41) is 13.3. The van der Waals surface area contributed by atoms with Gasteiger partial charge in [0, 0.05) is 12.8 Å². The quantitative estimate of drug-likeness (QED) is 0.892. The molecule has 1 aliphatic carbocycles. The van der Waals surface area contributed by atoms with Gasteiger partial charge in [0.15, 0.2) is 6.10 Å². The Morgan fingerprint density at radius 1 is 1.12 bits per heavy atom. The number of ether oxygens (including phenoxy) is 1. The van der Waals surface area contributed by atoms with Crippen molar-refractivity contribution in [2.75, 3.05) is 0 Å². The molecule has 1 amide bonds. The first-order valence-electron chi connectivity index (χ1n) is 8.36. The molecule has 2 aromatic rings. The molecule has 0 saturated carbocycles. The molecule has 124 valence electrons. The minimum absolute atomic E-state index is 0.165. The second kappa shape index (κ2) is 5.64. The van der Waals surface area contributed by atoms with Gasteiger partial charge < -0.3 is 15.2 Å². The number of aliphatic hydroxyl groups is 1. The predicted octanol–water partition coefficient (Wildman–Crippen LogP) is 2.38. The van der Waals surface area contributed by atoms with Crippen molar-refractivity contribution < 1.29 is 14.6 Å². The lowest BCUT2D eigenvalue weighted by atomic mass is 10.0. The summed E-state index contributed by atoms with van der Waals surface area (Å²) in [5.74, 6) is 0.632. The van der Waals surface area contributed by atoms with E-state index in [0.717, 1.165) is 28.0 Å². The highest BCUT2D eigenvalue weighted by atomic mass is 16.5. The van der Waals surface area contributed by atoms with E-state index in [2.05, 4.69) is 18.3 Å². The van der Waals surface area contributed by atoms with Gasteiger partial charge >= 0.3 is 0 Å². The van der Waals surface area contributed by atoms with Gasteiger partial charge in [0.2, 0.25) is 0 Å². The fourth-order valence-corrected chi connectivity index (χ4v) is 3.65. The molecule has 0 fully saturated rings. The van der Waals surface area contributed by atoms with E-state index in [1.165, 1.54) is 5.56 Å². The zero-order valence-corrected chi connectivity index (χ0v) is 13.9. The number of rotatable bonds is 2. The van der Waals surface area contributed by atoms with Gasteiger partial charge in [-0.3, -0.25) is 4.79 Å². The number of fused-ring (bicyclic) bond motifs is 2. The lowest BCUT2D eigenvalue weighted by molar-refractivity contribution is -0.128. The lowest BCUT2D eigenvalue weighted by Crippen LogP contribution is -2.42. The summed E-state index contributed by atoms with van der Waals surface area (Å²) in [6.07, 6.45) is 0.0404. The monoisotopic (exact) mass is 323 g/mol. The van der Waals surface area contributed by atoms with Crippen LogP contribution in [0.15, 0.2) is 36.4 Å². The molecule has 3 atom stereocenters. The van der Waals surface area contributed by atoms with Crippen molar-refractivity contribution in [1.82, 2.24) is 5.32 Å². The number of hydrogen-bond donors (Lipinski definition) is 2. The molecule has 4 nitrogen and oxygen atoms in total. The number of aliphatic hydroxyl groups excluding tert-OH is 1. The van der Waals surface area contributed by atoms with Crippen molar-refractivity contribution in [2.45, 2.75) is 44.9 Å². The Labute approximate surface area is 141 Å². The molecule has 1 heterocycles. The van der Waals surface area contributed by atoms with Crippen LogP contribution in [0.5, 0.6) is 5.75 Å². The molecule has 0 bridgehead atoms. The molecule has 3 unspecified atom stereocenters. The van der Waals surface area contributed by atoms with Crippen LogP contribution in [0.3, 0.4) is 0 Å². The molecular weight excluding hydrogens is 302 g/mol. The SMILES string of the molecule is Cc1cc2c(cc1C)OC(C(=O)NC1c3ccccc3CC1O)C2. The van der Waals surface area contributed by atoms with E-state index in [4.69, 9.17) is 4.74 Å². The lowest BCUT2D eigenvalue weighted by Gasteiger charge is -2.20. The first kappa shape index (κ1) is 15.2. The summed E-state index contributed by atoms with van der Waals surface area (Å²) in [5.41, 5.74) is 5.54. The van der Waals surface area contributed by atoms with Crippen molar-refractivity contribution in [2.24, 2.45) is 0 Å². The predicted molar refractivity (Wildman–Crippen MR) is 91.1 cm³/mol. The van der Waals surface area contributed by atoms with Crippen molar-refractivity contribution in [1.29, 1.82) is 0 Å². The van der Waals surface area contributed by atoms with E-state index in [9.17, 15) is 9.90 Å². The van der Waals surface area contributed by atoms with Gasteiger partial charge in [-0.1, -0.05) is 30.3 Å². The smallest absolute Gasteiger partial charge is 0.262 e. The van der Waals surface area contributed by atoms with Crippen LogP contribution < -0.4 is 10.1 Å². The Morgan fingerprint density at radius 3 is 2.71 bits per heavy atom. The Hall–Kier alpha value is -2.33. The maximum absolute atomic E-state index is 12.6. The third kappa shape index (κ3) is 2.47. The molecule has 1 aliphatic heterocycles. The average Bonchev–Trinajstić information content (AvgIpc) is 3.09. The van der Waals surface area contributed by atoms with Crippen LogP contribution in [0.1, 0.15) is 33.9 Å².